The summed E-state index contributed by atoms with van der Waals surface area (Å²) in [7, 11) is -4.08. The molecular formula is C12H15N3O4S. The highest BCUT2D eigenvalue weighted by Gasteiger charge is 2.21. The molecule has 8 heteroatoms. The summed E-state index contributed by atoms with van der Waals surface area (Å²) in [6.07, 6.45) is -1.07. The number of nitrogens with zero attached hydrogens (tertiary/aromatic N) is 1. The molecule has 1 aromatic rings. The number of hydrogen-bond donors (Lipinski definition) is 2. The van der Waals surface area contributed by atoms with Gasteiger partial charge in [0.15, 0.2) is 0 Å². The van der Waals surface area contributed by atoms with E-state index in [1.54, 1.807) is 25.5 Å². The molecule has 1 aromatic carbocycles. The Morgan fingerprint density at radius 2 is 1.80 bits per heavy atom. The molecule has 0 aliphatic carbocycles. The minimum atomic E-state index is -4.08. The van der Waals surface area contributed by atoms with Gasteiger partial charge in [-0.1, -0.05) is 0 Å². The lowest BCUT2D eigenvalue weighted by atomic mass is 10.2. The molecule has 0 saturated carbocycles. The molecule has 0 saturated heterocycles. The molecule has 108 valence electrons. The lowest BCUT2D eigenvalue weighted by Gasteiger charge is -2.19. The largest absolute Gasteiger partial charge is 0.443 e. The Kier molecular flexibility index (Phi) is 4.57. The number of ether oxygens (including phenoxy) is 1. The van der Waals surface area contributed by atoms with Crippen LogP contribution in [0, 0.1) is 11.3 Å². The molecule has 0 spiro atoms. The van der Waals surface area contributed by atoms with E-state index in [9.17, 15) is 13.2 Å². The number of hydrogen-bond acceptors (Lipinski definition) is 5. The molecule has 0 radical (unpaired) electrons. The Hall–Kier alpha value is -2.27. The summed E-state index contributed by atoms with van der Waals surface area (Å²) < 4.78 is 32.0. The molecule has 0 aliphatic rings. The number of benzene rings is 1. The van der Waals surface area contributed by atoms with Gasteiger partial charge in [-0.25, -0.2) is 9.52 Å². The maximum atomic E-state index is 11.7. The SMILES string of the molecule is CC(C)(C)OC(=O)NS(=O)(=O)Nc1ccc(C#N)cc1. The second-order valence-electron chi connectivity index (χ2n) is 4.90. The number of carbonyl (C=O) groups is 1. The van der Waals surface area contributed by atoms with Crippen LogP contribution in [0.2, 0.25) is 0 Å². The van der Waals surface area contributed by atoms with Crippen molar-refractivity contribution < 1.29 is 17.9 Å². The van der Waals surface area contributed by atoms with Crippen LogP contribution in [0.25, 0.3) is 0 Å². The van der Waals surface area contributed by atoms with Crippen molar-refractivity contribution in [3.63, 3.8) is 0 Å². The van der Waals surface area contributed by atoms with Gasteiger partial charge in [0.2, 0.25) is 0 Å². The highest BCUT2D eigenvalue weighted by molar-refractivity contribution is 7.91. The Morgan fingerprint density at radius 3 is 2.25 bits per heavy atom. The van der Waals surface area contributed by atoms with Gasteiger partial charge in [0.25, 0.3) is 0 Å². The van der Waals surface area contributed by atoms with Crippen molar-refractivity contribution >= 4 is 22.0 Å². The normalized spacial score (nSPS) is 11.3. The van der Waals surface area contributed by atoms with Crippen LogP contribution in [0.15, 0.2) is 24.3 Å². The minimum absolute atomic E-state index is 0.222. The third-order valence-corrected chi connectivity index (χ3v) is 2.82. The van der Waals surface area contributed by atoms with Gasteiger partial charge in [-0.05, 0) is 45.0 Å². The van der Waals surface area contributed by atoms with E-state index in [2.05, 4.69) is 4.72 Å². The molecule has 1 amide bonds. The van der Waals surface area contributed by atoms with E-state index in [0.717, 1.165) is 0 Å². The van der Waals surface area contributed by atoms with Gasteiger partial charge in [0.1, 0.15) is 5.60 Å². The first-order chi connectivity index (χ1) is 9.11. The van der Waals surface area contributed by atoms with Gasteiger partial charge in [-0.2, -0.15) is 13.7 Å². The van der Waals surface area contributed by atoms with Crippen LogP contribution in [0.5, 0.6) is 0 Å². The average molecular weight is 297 g/mol. The fourth-order valence-electron chi connectivity index (χ4n) is 1.20. The number of nitriles is 1. The first-order valence-corrected chi connectivity index (χ1v) is 7.13. The molecule has 0 heterocycles. The molecule has 0 fully saturated rings. The van der Waals surface area contributed by atoms with E-state index < -0.39 is 21.9 Å². The molecule has 0 aromatic heterocycles. The van der Waals surface area contributed by atoms with Gasteiger partial charge in [0.05, 0.1) is 17.3 Å². The standard InChI is InChI=1S/C12H15N3O4S/c1-12(2,3)19-11(16)15-20(17,18)14-10-6-4-9(8-13)5-7-10/h4-7,14H,1-3H3,(H,15,16). The van der Waals surface area contributed by atoms with Gasteiger partial charge in [0, 0.05) is 0 Å². The predicted octanol–water partition coefficient (Wildman–Crippen LogP) is 1.74. The molecule has 2 N–H and O–H groups in total. The number of carbonyl (C=O) groups excluding carboxylic acids is 1. The van der Waals surface area contributed by atoms with Gasteiger partial charge < -0.3 is 4.74 Å². The number of anilines is 1. The average Bonchev–Trinajstić information content (AvgIpc) is 2.25. The third-order valence-electron chi connectivity index (χ3n) is 1.88. The van der Waals surface area contributed by atoms with Crippen LogP contribution in [0.4, 0.5) is 10.5 Å². The number of rotatable bonds is 3. The minimum Gasteiger partial charge on any atom is -0.443 e. The quantitative estimate of drug-likeness (QED) is 0.883. The summed E-state index contributed by atoms with van der Waals surface area (Å²) in [6.45, 7) is 4.85. The van der Waals surface area contributed by atoms with E-state index in [0.29, 0.717) is 5.56 Å². The molecule has 7 nitrogen and oxygen atoms in total. The van der Waals surface area contributed by atoms with E-state index in [1.165, 1.54) is 24.3 Å². The van der Waals surface area contributed by atoms with Crippen LogP contribution in [0.3, 0.4) is 0 Å². The first-order valence-electron chi connectivity index (χ1n) is 5.65. The van der Waals surface area contributed by atoms with Crippen molar-refractivity contribution in [2.24, 2.45) is 0 Å². The summed E-state index contributed by atoms with van der Waals surface area (Å²) in [5.41, 5.74) is -0.179. The van der Waals surface area contributed by atoms with Gasteiger partial charge in [-0.3, -0.25) is 4.72 Å². The molecule has 1 rings (SSSR count). The van der Waals surface area contributed by atoms with Crippen molar-refractivity contribution in [2.75, 3.05) is 4.72 Å². The maximum Gasteiger partial charge on any atom is 0.422 e. The lowest BCUT2D eigenvalue weighted by Crippen LogP contribution is -2.39. The molecular weight excluding hydrogens is 282 g/mol. The Balaban J connectivity index is 2.70. The molecule has 0 unspecified atom stereocenters. The zero-order chi connectivity index (χ0) is 15.4. The predicted molar refractivity (Wildman–Crippen MR) is 73.1 cm³/mol. The number of amides is 1. The van der Waals surface area contributed by atoms with E-state index in [1.807, 2.05) is 6.07 Å². The number of nitrogens with one attached hydrogen (secondary N) is 2. The molecule has 0 atom stereocenters. The van der Waals surface area contributed by atoms with Crippen molar-refractivity contribution in [1.82, 2.24) is 4.72 Å². The van der Waals surface area contributed by atoms with Crippen molar-refractivity contribution in [1.29, 1.82) is 5.26 Å². The highest BCUT2D eigenvalue weighted by atomic mass is 32.2. The second-order valence-corrected chi connectivity index (χ2v) is 6.31. The molecule has 0 aliphatic heterocycles. The highest BCUT2D eigenvalue weighted by Crippen LogP contribution is 2.11. The van der Waals surface area contributed by atoms with Crippen LogP contribution in [0.1, 0.15) is 26.3 Å². The van der Waals surface area contributed by atoms with Crippen molar-refractivity contribution in [2.45, 2.75) is 26.4 Å². The van der Waals surface area contributed by atoms with E-state index >= 15 is 0 Å². The summed E-state index contributed by atoms with van der Waals surface area (Å²) in [6, 6.07) is 7.63. The third kappa shape index (κ3) is 5.58. The van der Waals surface area contributed by atoms with Crippen LogP contribution >= 0.6 is 0 Å². The summed E-state index contributed by atoms with van der Waals surface area (Å²) in [4.78, 5) is 11.4. The van der Waals surface area contributed by atoms with Crippen molar-refractivity contribution in [3.8, 4) is 6.07 Å². The van der Waals surface area contributed by atoms with E-state index in [4.69, 9.17) is 10.00 Å². The summed E-state index contributed by atoms with van der Waals surface area (Å²) >= 11 is 0. The van der Waals surface area contributed by atoms with Crippen molar-refractivity contribution in [3.05, 3.63) is 29.8 Å². The van der Waals surface area contributed by atoms with Crippen LogP contribution in [-0.2, 0) is 14.9 Å². The van der Waals surface area contributed by atoms with Gasteiger partial charge >= 0.3 is 16.3 Å². The zero-order valence-corrected chi connectivity index (χ0v) is 12.1. The Morgan fingerprint density at radius 1 is 1.25 bits per heavy atom. The second kappa shape index (κ2) is 5.79. The zero-order valence-electron chi connectivity index (χ0n) is 11.3. The summed E-state index contributed by atoms with van der Waals surface area (Å²) in [5, 5.41) is 8.63. The summed E-state index contributed by atoms with van der Waals surface area (Å²) in [5.74, 6) is 0. The maximum absolute atomic E-state index is 11.7. The Bertz CT molecular complexity index is 624. The topological polar surface area (TPSA) is 108 Å². The first kappa shape index (κ1) is 15.8. The van der Waals surface area contributed by atoms with E-state index in [-0.39, 0.29) is 5.69 Å². The van der Waals surface area contributed by atoms with Crippen LogP contribution in [-0.4, -0.2) is 20.1 Å². The van der Waals surface area contributed by atoms with Gasteiger partial charge in [-0.15, -0.1) is 0 Å². The monoisotopic (exact) mass is 297 g/mol. The fourth-order valence-corrected chi connectivity index (χ4v) is 1.96. The lowest BCUT2D eigenvalue weighted by molar-refractivity contribution is 0.0570. The molecule has 0 bridgehead atoms. The van der Waals surface area contributed by atoms with Crippen LogP contribution < -0.4 is 9.44 Å². The Labute approximate surface area is 117 Å². The fraction of sp³-hybridized carbons (Fsp3) is 0.333. The smallest absolute Gasteiger partial charge is 0.422 e. The molecule has 20 heavy (non-hydrogen) atoms.